The molecule has 0 atom stereocenters. The summed E-state index contributed by atoms with van der Waals surface area (Å²) < 4.78 is 0. The van der Waals surface area contributed by atoms with Gasteiger partial charge < -0.3 is 9.94 Å². The molecule has 0 aromatic heterocycles. The van der Waals surface area contributed by atoms with Gasteiger partial charge in [-0.2, -0.15) is 0 Å². The number of rotatable bonds is 5. The van der Waals surface area contributed by atoms with Crippen molar-refractivity contribution in [2.24, 2.45) is 0 Å². The number of aliphatic hydroxyl groups excluding tert-OH is 1. The number of aliphatic hydroxyl groups is 1. The monoisotopic (exact) mass is 165 g/mol. The predicted octanol–water partition coefficient (Wildman–Crippen LogP) is 0.0416. The Bertz CT molecular complexity index is 98.9. The molecule has 0 amide bonds. The van der Waals surface area contributed by atoms with Crippen LogP contribution in [0.4, 0.5) is 0 Å². The van der Waals surface area contributed by atoms with Gasteiger partial charge in [0.25, 0.3) is 0 Å². The second-order valence-electron chi connectivity index (χ2n) is 1.75. The summed E-state index contributed by atoms with van der Waals surface area (Å²) in [7, 11) is 0. The van der Waals surface area contributed by atoms with Gasteiger partial charge in [0.1, 0.15) is 0 Å². The molecule has 0 aromatic carbocycles. The fraction of sp³-hybridized carbons (Fsp3) is 0.800. The van der Waals surface area contributed by atoms with Crippen LogP contribution < -0.4 is 4.89 Å². The summed E-state index contributed by atoms with van der Waals surface area (Å²) in [5.74, 6) is -0.358. The SMILES string of the molecule is O=C(CCCCO)ONS. The fourth-order valence-corrected chi connectivity index (χ4v) is 0.585. The molecule has 0 saturated heterocycles. The van der Waals surface area contributed by atoms with Crippen molar-refractivity contribution in [1.82, 2.24) is 4.89 Å². The highest BCUT2D eigenvalue weighted by atomic mass is 32.1. The van der Waals surface area contributed by atoms with E-state index in [2.05, 4.69) is 17.7 Å². The summed E-state index contributed by atoms with van der Waals surface area (Å²) in [4.78, 5) is 16.8. The fourth-order valence-electron chi connectivity index (χ4n) is 0.483. The van der Waals surface area contributed by atoms with Crippen molar-refractivity contribution >= 4 is 18.8 Å². The van der Waals surface area contributed by atoms with Crippen LogP contribution in [0.1, 0.15) is 19.3 Å². The molecule has 60 valence electrons. The molecule has 0 spiro atoms. The molecule has 5 heteroatoms. The average molecular weight is 165 g/mol. The first-order valence-electron chi connectivity index (χ1n) is 3.01. The lowest BCUT2D eigenvalue weighted by Gasteiger charge is -1.98. The first-order chi connectivity index (χ1) is 4.81. The highest BCUT2D eigenvalue weighted by Crippen LogP contribution is 1.95. The first kappa shape index (κ1) is 9.74. The maximum Gasteiger partial charge on any atom is 0.325 e. The van der Waals surface area contributed by atoms with Crippen LogP contribution in [0.15, 0.2) is 0 Å². The van der Waals surface area contributed by atoms with Crippen LogP contribution in [0.5, 0.6) is 0 Å². The van der Waals surface area contributed by atoms with Crippen molar-refractivity contribution in [1.29, 1.82) is 0 Å². The van der Waals surface area contributed by atoms with Crippen molar-refractivity contribution in [3.05, 3.63) is 0 Å². The number of hydrogen-bond acceptors (Lipinski definition) is 5. The quantitative estimate of drug-likeness (QED) is 0.306. The van der Waals surface area contributed by atoms with Crippen molar-refractivity contribution in [2.75, 3.05) is 6.61 Å². The summed E-state index contributed by atoms with van der Waals surface area (Å²) >= 11 is 3.46. The van der Waals surface area contributed by atoms with Gasteiger partial charge in [0.15, 0.2) is 0 Å². The van der Waals surface area contributed by atoms with Crippen LogP contribution in [0.2, 0.25) is 0 Å². The number of carbonyl (C=O) groups excluding carboxylic acids is 1. The topological polar surface area (TPSA) is 58.6 Å². The normalized spacial score (nSPS) is 9.40. The summed E-state index contributed by atoms with van der Waals surface area (Å²) in [6, 6.07) is 0. The molecule has 0 aromatic rings. The van der Waals surface area contributed by atoms with E-state index < -0.39 is 0 Å². The molecule has 0 radical (unpaired) electrons. The van der Waals surface area contributed by atoms with Crippen molar-refractivity contribution in [3.8, 4) is 0 Å². The molecular weight excluding hydrogens is 154 g/mol. The predicted molar refractivity (Wildman–Crippen MR) is 39.2 cm³/mol. The smallest absolute Gasteiger partial charge is 0.325 e. The minimum absolute atomic E-state index is 0.113. The zero-order valence-corrected chi connectivity index (χ0v) is 6.43. The molecule has 0 aliphatic carbocycles. The minimum Gasteiger partial charge on any atom is -0.396 e. The van der Waals surface area contributed by atoms with Gasteiger partial charge >= 0.3 is 5.97 Å². The van der Waals surface area contributed by atoms with E-state index in [-0.39, 0.29) is 12.6 Å². The Morgan fingerprint density at radius 1 is 1.60 bits per heavy atom. The lowest BCUT2D eigenvalue weighted by Crippen LogP contribution is -2.10. The highest BCUT2D eigenvalue weighted by molar-refractivity contribution is 7.77. The van der Waals surface area contributed by atoms with Crippen LogP contribution in [0, 0.1) is 0 Å². The zero-order valence-electron chi connectivity index (χ0n) is 5.54. The van der Waals surface area contributed by atoms with Gasteiger partial charge in [-0.25, -0.2) is 0 Å². The van der Waals surface area contributed by atoms with E-state index in [4.69, 9.17) is 5.11 Å². The number of carbonyl (C=O) groups is 1. The molecule has 0 saturated carbocycles. The Morgan fingerprint density at radius 3 is 2.80 bits per heavy atom. The van der Waals surface area contributed by atoms with Gasteiger partial charge in [-0.05, 0) is 12.8 Å². The lowest BCUT2D eigenvalue weighted by atomic mass is 10.2. The second-order valence-corrected chi connectivity index (χ2v) is 1.93. The molecule has 4 nitrogen and oxygen atoms in total. The van der Waals surface area contributed by atoms with Gasteiger partial charge in [0, 0.05) is 13.0 Å². The summed E-state index contributed by atoms with van der Waals surface area (Å²) in [6.45, 7) is 0.113. The van der Waals surface area contributed by atoms with E-state index in [0.717, 1.165) is 0 Å². The highest BCUT2D eigenvalue weighted by Gasteiger charge is 1.99. The lowest BCUT2D eigenvalue weighted by molar-refractivity contribution is -0.146. The third-order valence-electron chi connectivity index (χ3n) is 0.948. The molecule has 10 heavy (non-hydrogen) atoms. The number of nitrogens with one attached hydrogen (secondary N) is 1. The van der Waals surface area contributed by atoms with Crippen LogP contribution in [-0.2, 0) is 9.63 Å². The Hall–Kier alpha value is -0.260. The Kier molecular flexibility index (Phi) is 6.68. The van der Waals surface area contributed by atoms with E-state index >= 15 is 0 Å². The Labute approximate surface area is 65.1 Å². The largest absolute Gasteiger partial charge is 0.396 e. The van der Waals surface area contributed by atoms with Crippen LogP contribution >= 0.6 is 12.8 Å². The molecule has 0 bridgehead atoms. The Morgan fingerprint density at radius 2 is 2.30 bits per heavy atom. The molecule has 2 N–H and O–H groups in total. The van der Waals surface area contributed by atoms with Gasteiger partial charge in [0.05, 0.1) is 0 Å². The molecule has 0 aliphatic heterocycles. The summed E-state index contributed by atoms with van der Waals surface area (Å²) in [5, 5.41) is 8.33. The maximum atomic E-state index is 10.5. The Balaban J connectivity index is 3.05. The van der Waals surface area contributed by atoms with Crippen LogP contribution in [0.3, 0.4) is 0 Å². The van der Waals surface area contributed by atoms with E-state index in [9.17, 15) is 4.79 Å². The van der Waals surface area contributed by atoms with Crippen molar-refractivity contribution < 1.29 is 14.7 Å². The van der Waals surface area contributed by atoms with Gasteiger partial charge in [-0.1, -0.05) is 17.7 Å². The number of unbranched alkanes of at least 4 members (excludes halogenated alkanes) is 1. The summed E-state index contributed by atoms with van der Waals surface area (Å²) in [6.07, 6.45) is 1.58. The third-order valence-corrected chi connectivity index (χ3v) is 1.04. The summed E-state index contributed by atoms with van der Waals surface area (Å²) in [5.41, 5.74) is 0. The molecule has 0 unspecified atom stereocenters. The second kappa shape index (κ2) is 6.85. The third kappa shape index (κ3) is 5.87. The number of thiol groups is 1. The van der Waals surface area contributed by atoms with Gasteiger partial charge in [-0.15, -0.1) is 0 Å². The molecule has 0 fully saturated rings. The van der Waals surface area contributed by atoms with Crippen LogP contribution in [-0.4, -0.2) is 17.7 Å². The van der Waals surface area contributed by atoms with E-state index in [0.29, 0.717) is 19.3 Å². The first-order valence-corrected chi connectivity index (χ1v) is 3.45. The van der Waals surface area contributed by atoms with E-state index in [1.165, 1.54) is 0 Å². The van der Waals surface area contributed by atoms with Crippen molar-refractivity contribution in [2.45, 2.75) is 19.3 Å². The molecular formula is C5H11NO3S. The molecule has 0 heterocycles. The zero-order chi connectivity index (χ0) is 7.82. The molecule has 0 aliphatic rings. The van der Waals surface area contributed by atoms with Crippen LogP contribution in [0.25, 0.3) is 0 Å². The average Bonchev–Trinajstić information content (AvgIpc) is 1.89. The van der Waals surface area contributed by atoms with E-state index in [1.807, 2.05) is 4.89 Å². The van der Waals surface area contributed by atoms with Crippen molar-refractivity contribution in [3.63, 3.8) is 0 Å². The number of hydrogen-bond donors (Lipinski definition) is 3. The standard InChI is InChI=1S/C5H11NO3S/c7-4-2-1-3-5(8)9-6-10/h6-7,10H,1-4H2. The molecule has 0 rings (SSSR count). The van der Waals surface area contributed by atoms with Gasteiger partial charge in [-0.3, -0.25) is 4.79 Å². The van der Waals surface area contributed by atoms with E-state index in [1.54, 1.807) is 0 Å². The minimum atomic E-state index is -0.358. The maximum absolute atomic E-state index is 10.5. The van der Waals surface area contributed by atoms with Gasteiger partial charge in [0.2, 0.25) is 0 Å².